The molecule has 25 heavy (non-hydrogen) atoms. The first kappa shape index (κ1) is 17.5. The van der Waals surface area contributed by atoms with E-state index in [0.29, 0.717) is 6.54 Å². The number of nitrogens with zero attached hydrogens (tertiary/aromatic N) is 1. The van der Waals surface area contributed by atoms with Gasteiger partial charge in [0.2, 0.25) is 5.91 Å². The summed E-state index contributed by atoms with van der Waals surface area (Å²) >= 11 is 3.11. The van der Waals surface area contributed by atoms with Gasteiger partial charge in [-0.05, 0) is 29.1 Å². The third-order valence-corrected chi connectivity index (χ3v) is 4.92. The van der Waals surface area contributed by atoms with Gasteiger partial charge >= 0.3 is 6.61 Å². The van der Waals surface area contributed by atoms with E-state index in [0.717, 1.165) is 21.8 Å². The molecule has 0 aliphatic heterocycles. The minimum atomic E-state index is -2.84. The number of carbonyl (C=O) groups excluding carboxylic acids is 1. The van der Waals surface area contributed by atoms with Crippen molar-refractivity contribution in [1.82, 2.24) is 10.3 Å². The normalized spacial score (nSPS) is 10.8. The zero-order valence-electron chi connectivity index (χ0n) is 12.9. The van der Waals surface area contributed by atoms with Crippen LogP contribution in [0.3, 0.4) is 0 Å². The Bertz CT molecular complexity index is 818. The van der Waals surface area contributed by atoms with Gasteiger partial charge in [0.1, 0.15) is 10.8 Å². The van der Waals surface area contributed by atoms with Gasteiger partial charge in [-0.2, -0.15) is 20.1 Å². The van der Waals surface area contributed by atoms with Crippen molar-refractivity contribution in [2.24, 2.45) is 0 Å². The smallest absolute Gasteiger partial charge is 0.387 e. The van der Waals surface area contributed by atoms with Gasteiger partial charge in [0, 0.05) is 22.9 Å². The number of amides is 1. The fraction of sp³-hybridized carbons (Fsp3) is 0.176. The number of aromatic nitrogens is 1. The van der Waals surface area contributed by atoms with Gasteiger partial charge in [-0.3, -0.25) is 4.79 Å². The summed E-state index contributed by atoms with van der Waals surface area (Å²) in [6.07, 6.45) is 0.202. The van der Waals surface area contributed by atoms with Crippen molar-refractivity contribution in [2.75, 3.05) is 0 Å². The molecule has 1 N–H and O–H groups in total. The zero-order valence-corrected chi connectivity index (χ0v) is 14.6. The van der Waals surface area contributed by atoms with Crippen LogP contribution in [0, 0.1) is 0 Å². The standard InChI is InChI=1S/C17H14F2N2O2S2/c18-17(19)23-14-3-1-11(2-4-14)8-20-15(22)7-13-10-25-16(21-13)12-5-6-24-9-12/h1-6,9-10,17H,7-8H2,(H,20,22). The van der Waals surface area contributed by atoms with Crippen LogP contribution in [0.1, 0.15) is 11.3 Å². The van der Waals surface area contributed by atoms with E-state index in [-0.39, 0.29) is 18.1 Å². The van der Waals surface area contributed by atoms with Crippen LogP contribution in [0.5, 0.6) is 5.75 Å². The van der Waals surface area contributed by atoms with Crippen LogP contribution < -0.4 is 10.1 Å². The summed E-state index contributed by atoms with van der Waals surface area (Å²) in [4.78, 5) is 16.5. The summed E-state index contributed by atoms with van der Waals surface area (Å²) < 4.78 is 28.5. The van der Waals surface area contributed by atoms with Crippen molar-refractivity contribution in [1.29, 1.82) is 0 Å². The number of alkyl halides is 2. The summed E-state index contributed by atoms with van der Waals surface area (Å²) in [6.45, 7) is -2.53. The highest BCUT2D eigenvalue weighted by Gasteiger charge is 2.09. The Kier molecular flexibility index (Phi) is 5.72. The lowest BCUT2D eigenvalue weighted by atomic mass is 10.2. The quantitative estimate of drug-likeness (QED) is 0.664. The molecule has 0 atom stereocenters. The second kappa shape index (κ2) is 8.17. The minimum absolute atomic E-state index is 0.0912. The number of benzene rings is 1. The lowest BCUT2D eigenvalue weighted by Crippen LogP contribution is -2.24. The highest BCUT2D eigenvalue weighted by molar-refractivity contribution is 7.14. The molecule has 2 aromatic heterocycles. The van der Waals surface area contributed by atoms with Crippen molar-refractivity contribution in [3.8, 4) is 16.3 Å². The van der Waals surface area contributed by atoms with Gasteiger partial charge in [0.25, 0.3) is 0 Å². The van der Waals surface area contributed by atoms with Gasteiger partial charge in [-0.25, -0.2) is 4.98 Å². The molecule has 0 aliphatic rings. The molecule has 0 bridgehead atoms. The molecule has 2 heterocycles. The summed E-state index contributed by atoms with van der Waals surface area (Å²) in [7, 11) is 0. The van der Waals surface area contributed by atoms with E-state index in [4.69, 9.17) is 0 Å². The lowest BCUT2D eigenvalue weighted by molar-refractivity contribution is -0.120. The predicted molar refractivity (Wildman–Crippen MR) is 94.1 cm³/mol. The molecule has 0 radical (unpaired) electrons. The fourth-order valence-corrected chi connectivity index (χ4v) is 3.66. The molecule has 130 valence electrons. The maximum Gasteiger partial charge on any atom is 0.387 e. The molecule has 3 aromatic rings. The molecule has 0 spiro atoms. The molecule has 0 aliphatic carbocycles. The minimum Gasteiger partial charge on any atom is -0.435 e. The Morgan fingerprint density at radius 3 is 2.68 bits per heavy atom. The lowest BCUT2D eigenvalue weighted by Gasteiger charge is -2.07. The van der Waals surface area contributed by atoms with E-state index in [1.807, 2.05) is 22.2 Å². The van der Waals surface area contributed by atoms with E-state index in [9.17, 15) is 13.6 Å². The topological polar surface area (TPSA) is 51.2 Å². The van der Waals surface area contributed by atoms with Crippen LogP contribution in [-0.4, -0.2) is 17.5 Å². The maximum absolute atomic E-state index is 12.1. The molecule has 1 aromatic carbocycles. The number of rotatable bonds is 7. The Balaban J connectivity index is 1.49. The number of halogens is 2. The molecule has 0 unspecified atom stereocenters. The number of carbonyl (C=O) groups is 1. The summed E-state index contributed by atoms with van der Waals surface area (Å²) in [6, 6.07) is 8.15. The van der Waals surface area contributed by atoms with E-state index in [1.165, 1.54) is 23.5 Å². The van der Waals surface area contributed by atoms with Crippen LogP contribution in [0.25, 0.3) is 10.6 Å². The molecular formula is C17H14F2N2O2S2. The number of nitrogens with one attached hydrogen (secondary N) is 1. The number of hydrogen-bond acceptors (Lipinski definition) is 5. The Labute approximate surface area is 151 Å². The first-order chi connectivity index (χ1) is 12.1. The highest BCUT2D eigenvalue weighted by Crippen LogP contribution is 2.25. The van der Waals surface area contributed by atoms with Crippen molar-refractivity contribution in [3.63, 3.8) is 0 Å². The molecule has 3 rings (SSSR count). The Morgan fingerprint density at radius 1 is 1.20 bits per heavy atom. The number of thiazole rings is 1. The SMILES string of the molecule is O=C(Cc1csc(-c2ccsc2)n1)NCc1ccc(OC(F)F)cc1. The Morgan fingerprint density at radius 2 is 2.00 bits per heavy atom. The van der Waals surface area contributed by atoms with Gasteiger partial charge in [0.15, 0.2) is 0 Å². The molecule has 0 saturated carbocycles. The van der Waals surface area contributed by atoms with Crippen molar-refractivity contribution in [2.45, 2.75) is 19.6 Å². The van der Waals surface area contributed by atoms with Gasteiger partial charge < -0.3 is 10.1 Å². The number of ether oxygens (including phenoxy) is 1. The molecule has 4 nitrogen and oxygen atoms in total. The third-order valence-electron chi connectivity index (χ3n) is 3.30. The van der Waals surface area contributed by atoms with Crippen LogP contribution in [-0.2, 0) is 17.8 Å². The van der Waals surface area contributed by atoms with Crippen LogP contribution >= 0.6 is 22.7 Å². The van der Waals surface area contributed by atoms with Crippen molar-refractivity contribution >= 4 is 28.6 Å². The molecule has 0 saturated heterocycles. The molecule has 0 fully saturated rings. The first-order valence-corrected chi connectivity index (χ1v) is 9.20. The monoisotopic (exact) mass is 380 g/mol. The highest BCUT2D eigenvalue weighted by atomic mass is 32.1. The first-order valence-electron chi connectivity index (χ1n) is 7.37. The van der Waals surface area contributed by atoms with E-state index >= 15 is 0 Å². The predicted octanol–water partition coefficient (Wildman–Crippen LogP) is 4.33. The number of hydrogen-bond donors (Lipinski definition) is 1. The van der Waals surface area contributed by atoms with E-state index in [1.54, 1.807) is 23.5 Å². The van der Waals surface area contributed by atoms with Crippen LogP contribution in [0.4, 0.5) is 8.78 Å². The largest absolute Gasteiger partial charge is 0.435 e. The average molecular weight is 380 g/mol. The average Bonchev–Trinajstić information content (AvgIpc) is 3.25. The molecule has 8 heteroatoms. The van der Waals surface area contributed by atoms with Crippen molar-refractivity contribution in [3.05, 3.63) is 57.7 Å². The van der Waals surface area contributed by atoms with Gasteiger partial charge in [-0.15, -0.1) is 11.3 Å². The van der Waals surface area contributed by atoms with Gasteiger partial charge in [0.05, 0.1) is 12.1 Å². The molecular weight excluding hydrogens is 366 g/mol. The summed E-state index contributed by atoms with van der Waals surface area (Å²) in [5.41, 5.74) is 2.59. The van der Waals surface area contributed by atoms with Gasteiger partial charge in [-0.1, -0.05) is 12.1 Å². The van der Waals surface area contributed by atoms with E-state index in [2.05, 4.69) is 15.0 Å². The van der Waals surface area contributed by atoms with Crippen LogP contribution in [0.15, 0.2) is 46.5 Å². The molecule has 1 amide bonds. The third kappa shape index (κ3) is 5.07. The fourth-order valence-electron chi connectivity index (χ4n) is 2.12. The summed E-state index contributed by atoms with van der Waals surface area (Å²) in [5.74, 6) is -0.0522. The zero-order chi connectivity index (χ0) is 17.6. The Hall–Kier alpha value is -2.32. The van der Waals surface area contributed by atoms with E-state index < -0.39 is 6.61 Å². The van der Waals surface area contributed by atoms with Crippen molar-refractivity contribution < 1.29 is 18.3 Å². The second-order valence-corrected chi connectivity index (χ2v) is 6.77. The number of thiophene rings is 1. The second-order valence-electron chi connectivity index (χ2n) is 5.13. The van der Waals surface area contributed by atoms with Crippen LogP contribution in [0.2, 0.25) is 0 Å². The summed E-state index contributed by atoms with van der Waals surface area (Å²) in [5, 5.41) is 9.57. The maximum atomic E-state index is 12.1.